The Balaban J connectivity index is 2.14. The fraction of sp³-hybridized carbons (Fsp3) is 0.120. The average molecular weight is 469 g/mol. The van der Waals surface area contributed by atoms with E-state index in [0.29, 0.717) is 32.7 Å². The third-order valence-corrected chi connectivity index (χ3v) is 5.34. The number of hydrogen-bond donors (Lipinski definition) is 0. The van der Waals surface area contributed by atoms with Gasteiger partial charge in [0, 0.05) is 21.2 Å². The van der Waals surface area contributed by atoms with Gasteiger partial charge < -0.3 is 4.74 Å². The van der Waals surface area contributed by atoms with Gasteiger partial charge in [0.25, 0.3) is 0 Å². The third kappa shape index (κ3) is 4.27. The van der Waals surface area contributed by atoms with Crippen molar-refractivity contribution < 1.29 is 13.9 Å². The fourth-order valence-electron chi connectivity index (χ4n) is 3.53. The van der Waals surface area contributed by atoms with E-state index in [0.717, 1.165) is 5.56 Å². The molecule has 0 spiro atoms. The highest BCUT2D eigenvalue weighted by Crippen LogP contribution is 2.36. The van der Waals surface area contributed by atoms with Gasteiger partial charge in [0.2, 0.25) is 0 Å². The lowest BCUT2D eigenvalue weighted by molar-refractivity contribution is 0.0521. The van der Waals surface area contributed by atoms with Gasteiger partial charge >= 0.3 is 5.97 Å². The van der Waals surface area contributed by atoms with Crippen molar-refractivity contribution in [2.24, 2.45) is 0 Å². The maximum absolute atomic E-state index is 15.1. The first-order chi connectivity index (χ1) is 15.4. The van der Waals surface area contributed by atoms with Crippen LogP contribution in [0.3, 0.4) is 0 Å². The summed E-state index contributed by atoms with van der Waals surface area (Å²) in [5.74, 6) is -0.746. The number of ether oxygens (including phenoxy) is 1. The van der Waals surface area contributed by atoms with Crippen LogP contribution in [0.2, 0.25) is 10.0 Å². The lowest BCUT2D eigenvalue weighted by Gasteiger charge is -2.15. The third-order valence-electron chi connectivity index (χ3n) is 4.87. The van der Waals surface area contributed by atoms with Gasteiger partial charge in [-0.1, -0.05) is 59.1 Å². The van der Waals surface area contributed by atoms with E-state index in [1.807, 2.05) is 31.2 Å². The molecule has 4 rings (SSSR count). The minimum atomic E-state index is -0.613. The Morgan fingerprint density at radius 2 is 1.72 bits per heavy atom. The molecule has 4 nitrogen and oxygen atoms in total. The summed E-state index contributed by atoms with van der Waals surface area (Å²) < 4.78 is 22.0. The van der Waals surface area contributed by atoms with E-state index in [-0.39, 0.29) is 18.0 Å². The molecule has 0 aliphatic rings. The standard InChI is InChI=1S/C25H19Cl2FN2O2/c1-3-32-25(31)22-23(16-7-5-9-18(26)13-16)30(21-14-19(27)10-11-20(21)28)24(29-22)17-8-4-6-15(2)12-17/h4-14H,3H2,1-2H3. The molecule has 7 heteroatoms. The largest absolute Gasteiger partial charge is 0.461 e. The molecule has 0 aliphatic heterocycles. The van der Waals surface area contributed by atoms with E-state index in [2.05, 4.69) is 4.98 Å². The Morgan fingerprint density at radius 3 is 2.44 bits per heavy atom. The number of benzene rings is 3. The molecule has 0 atom stereocenters. The molecule has 0 radical (unpaired) electrons. The molecule has 0 unspecified atom stereocenters. The summed E-state index contributed by atoms with van der Waals surface area (Å²) in [5.41, 5.74) is 2.88. The fourth-order valence-corrected chi connectivity index (χ4v) is 3.89. The number of carbonyl (C=O) groups is 1. The quantitative estimate of drug-likeness (QED) is 0.292. The molecule has 0 saturated carbocycles. The average Bonchev–Trinajstić information content (AvgIpc) is 3.16. The second-order valence-corrected chi connectivity index (χ2v) is 8.04. The van der Waals surface area contributed by atoms with Gasteiger partial charge in [-0.05, 0) is 50.2 Å². The second-order valence-electron chi connectivity index (χ2n) is 7.16. The van der Waals surface area contributed by atoms with Gasteiger partial charge in [0.05, 0.1) is 18.0 Å². The molecule has 4 aromatic rings. The van der Waals surface area contributed by atoms with Crippen LogP contribution in [-0.4, -0.2) is 22.1 Å². The molecule has 162 valence electrons. The van der Waals surface area contributed by atoms with Crippen LogP contribution in [0.5, 0.6) is 0 Å². The number of carbonyl (C=O) groups excluding carboxylic acids is 1. The number of rotatable bonds is 5. The SMILES string of the molecule is CCOC(=O)c1nc(-c2cccc(C)c2)n(-c2cc(Cl)ccc2F)c1-c1cccc(Cl)c1. The van der Waals surface area contributed by atoms with Crippen LogP contribution in [0.4, 0.5) is 4.39 Å². The highest BCUT2D eigenvalue weighted by Gasteiger charge is 2.28. The number of hydrogen-bond acceptors (Lipinski definition) is 3. The Labute approximate surface area is 195 Å². The summed E-state index contributed by atoms with van der Waals surface area (Å²) in [6.45, 7) is 3.83. The van der Waals surface area contributed by atoms with Gasteiger partial charge in [0.1, 0.15) is 11.6 Å². The van der Waals surface area contributed by atoms with Gasteiger partial charge in [-0.2, -0.15) is 0 Å². The molecule has 0 fully saturated rings. The van der Waals surface area contributed by atoms with Crippen LogP contribution in [0.15, 0.2) is 66.7 Å². The normalized spacial score (nSPS) is 10.9. The maximum Gasteiger partial charge on any atom is 0.359 e. The van der Waals surface area contributed by atoms with E-state index in [9.17, 15) is 4.79 Å². The lowest BCUT2D eigenvalue weighted by atomic mass is 10.1. The van der Waals surface area contributed by atoms with E-state index >= 15 is 4.39 Å². The predicted molar refractivity (Wildman–Crippen MR) is 125 cm³/mol. The number of aromatic nitrogens is 2. The van der Waals surface area contributed by atoms with E-state index in [1.54, 1.807) is 35.8 Å². The smallest absolute Gasteiger partial charge is 0.359 e. The van der Waals surface area contributed by atoms with E-state index < -0.39 is 11.8 Å². The van der Waals surface area contributed by atoms with Crippen molar-refractivity contribution in [1.29, 1.82) is 0 Å². The van der Waals surface area contributed by atoms with Crippen LogP contribution in [0, 0.1) is 12.7 Å². The van der Waals surface area contributed by atoms with Gasteiger partial charge in [0.15, 0.2) is 5.69 Å². The summed E-state index contributed by atoms with van der Waals surface area (Å²) in [6.07, 6.45) is 0. The predicted octanol–water partition coefficient (Wildman–Crippen LogP) is 7.14. The molecule has 0 N–H and O–H groups in total. The molecule has 3 aromatic carbocycles. The van der Waals surface area contributed by atoms with Crippen LogP contribution in [0.25, 0.3) is 28.3 Å². The minimum absolute atomic E-state index is 0.0602. The van der Waals surface area contributed by atoms with Crippen LogP contribution in [-0.2, 0) is 4.74 Å². The summed E-state index contributed by atoms with van der Waals surface area (Å²) in [7, 11) is 0. The van der Waals surface area contributed by atoms with Crippen molar-refractivity contribution in [2.75, 3.05) is 6.61 Å². The van der Waals surface area contributed by atoms with Crippen molar-refractivity contribution in [3.63, 3.8) is 0 Å². The van der Waals surface area contributed by atoms with Crippen LogP contribution >= 0.6 is 23.2 Å². The molecule has 32 heavy (non-hydrogen) atoms. The molecule has 0 amide bonds. The van der Waals surface area contributed by atoms with Crippen molar-refractivity contribution in [3.8, 4) is 28.3 Å². The Kier molecular flexibility index (Phi) is 6.31. The number of imidazole rings is 1. The maximum atomic E-state index is 15.1. The molecule has 1 aromatic heterocycles. The van der Waals surface area contributed by atoms with Crippen molar-refractivity contribution in [3.05, 3.63) is 93.8 Å². The Morgan fingerprint density at radius 1 is 1.00 bits per heavy atom. The summed E-state index contributed by atoms with van der Waals surface area (Å²) >= 11 is 12.5. The first-order valence-corrected chi connectivity index (χ1v) is 10.7. The highest BCUT2D eigenvalue weighted by molar-refractivity contribution is 6.31. The Hall–Kier alpha value is -3.15. The molecule has 0 saturated heterocycles. The monoisotopic (exact) mass is 468 g/mol. The Bertz CT molecular complexity index is 1320. The summed E-state index contributed by atoms with van der Waals surface area (Å²) in [5, 5.41) is 0.814. The molecule has 0 aliphatic carbocycles. The second kappa shape index (κ2) is 9.15. The number of esters is 1. The van der Waals surface area contributed by atoms with Crippen molar-refractivity contribution >= 4 is 29.2 Å². The highest BCUT2D eigenvalue weighted by atomic mass is 35.5. The number of nitrogens with zero attached hydrogens (tertiary/aromatic N) is 2. The molecule has 1 heterocycles. The lowest BCUT2D eigenvalue weighted by Crippen LogP contribution is -2.08. The van der Waals surface area contributed by atoms with Gasteiger partial charge in [-0.25, -0.2) is 14.2 Å². The number of aryl methyl sites for hydroxylation is 1. The molecular formula is C25H19Cl2FN2O2. The first kappa shape index (κ1) is 22.1. The zero-order chi connectivity index (χ0) is 22.8. The van der Waals surface area contributed by atoms with Gasteiger partial charge in [-0.3, -0.25) is 4.57 Å². The zero-order valence-corrected chi connectivity index (χ0v) is 18.9. The molecule has 0 bridgehead atoms. The first-order valence-electron chi connectivity index (χ1n) is 9.97. The topological polar surface area (TPSA) is 44.1 Å². The minimum Gasteiger partial charge on any atom is -0.461 e. The van der Waals surface area contributed by atoms with Crippen LogP contribution < -0.4 is 0 Å². The van der Waals surface area contributed by atoms with Crippen molar-refractivity contribution in [1.82, 2.24) is 9.55 Å². The molecular weight excluding hydrogens is 450 g/mol. The van der Waals surface area contributed by atoms with Crippen LogP contribution in [0.1, 0.15) is 23.0 Å². The van der Waals surface area contributed by atoms with E-state index in [1.165, 1.54) is 18.2 Å². The van der Waals surface area contributed by atoms with Crippen molar-refractivity contribution in [2.45, 2.75) is 13.8 Å². The summed E-state index contributed by atoms with van der Waals surface area (Å²) in [6, 6.07) is 18.8. The summed E-state index contributed by atoms with van der Waals surface area (Å²) in [4.78, 5) is 17.5. The van der Waals surface area contributed by atoms with E-state index in [4.69, 9.17) is 27.9 Å². The zero-order valence-electron chi connectivity index (χ0n) is 17.4. The number of halogens is 3. The van der Waals surface area contributed by atoms with Gasteiger partial charge in [-0.15, -0.1) is 0 Å².